The van der Waals surface area contributed by atoms with Crippen LogP contribution in [0.25, 0.3) is 0 Å². The first kappa shape index (κ1) is 33.0. The number of nitrogens with zero attached hydrogens (tertiary/aromatic N) is 3. The van der Waals surface area contributed by atoms with Crippen LogP contribution in [0.3, 0.4) is 0 Å². The van der Waals surface area contributed by atoms with Crippen molar-refractivity contribution in [3.63, 3.8) is 0 Å². The van der Waals surface area contributed by atoms with Gasteiger partial charge in [0.25, 0.3) is 5.91 Å². The summed E-state index contributed by atoms with van der Waals surface area (Å²) in [6.07, 6.45) is 2.15. The molecule has 1 aliphatic heterocycles. The summed E-state index contributed by atoms with van der Waals surface area (Å²) in [6, 6.07) is 12.1. The molecule has 0 spiro atoms. The molecule has 0 fully saturated rings. The zero-order valence-corrected chi connectivity index (χ0v) is 26.1. The van der Waals surface area contributed by atoms with Crippen LogP contribution >= 0.6 is 0 Å². The lowest BCUT2D eigenvalue weighted by molar-refractivity contribution is -0.0115. The first-order chi connectivity index (χ1) is 20.0. The summed E-state index contributed by atoms with van der Waals surface area (Å²) in [4.78, 5) is 32.4. The van der Waals surface area contributed by atoms with Gasteiger partial charge in [-0.3, -0.25) is 4.79 Å². The van der Waals surface area contributed by atoms with Crippen LogP contribution in [0, 0.1) is 5.92 Å². The van der Waals surface area contributed by atoms with E-state index >= 15 is 0 Å². The van der Waals surface area contributed by atoms with E-state index in [2.05, 4.69) is 5.32 Å². The molecule has 3 amide bonds. The molecule has 2 N–H and O–H groups in total. The van der Waals surface area contributed by atoms with Crippen molar-refractivity contribution in [1.82, 2.24) is 9.80 Å². The Morgan fingerprint density at radius 3 is 2.50 bits per heavy atom. The molecule has 0 aromatic heterocycles. The summed E-state index contributed by atoms with van der Waals surface area (Å²) in [5.74, 6) is 0.903. The topological polar surface area (TPSA) is 104 Å². The minimum Gasteiger partial charge on any atom is -0.497 e. The van der Waals surface area contributed by atoms with E-state index in [-0.39, 0.29) is 36.7 Å². The molecule has 0 aliphatic carbocycles. The number of ether oxygens (including phenoxy) is 3. The summed E-state index contributed by atoms with van der Waals surface area (Å²) in [5, 5.41) is 13.0. The van der Waals surface area contributed by atoms with Crippen LogP contribution in [0.1, 0.15) is 50.4 Å². The highest BCUT2D eigenvalue weighted by Crippen LogP contribution is 2.29. The Labute approximate surface area is 250 Å². The van der Waals surface area contributed by atoms with Gasteiger partial charge < -0.3 is 39.3 Å². The van der Waals surface area contributed by atoms with Crippen LogP contribution in [0.2, 0.25) is 0 Å². The molecule has 232 valence electrons. The van der Waals surface area contributed by atoms with E-state index in [4.69, 9.17) is 14.2 Å². The lowest BCUT2D eigenvalue weighted by atomic mass is 10.0. The molecule has 1 aliphatic rings. The Morgan fingerprint density at radius 2 is 1.86 bits per heavy atom. The highest BCUT2D eigenvalue weighted by molar-refractivity contribution is 5.98. The average Bonchev–Trinajstić information content (AvgIpc) is 2.98. The number of likely N-dealkylation sites (N-methyl/N-ethyl adjacent to an activating group) is 1. The van der Waals surface area contributed by atoms with E-state index < -0.39 is 6.04 Å². The molecule has 3 rings (SSSR count). The summed E-state index contributed by atoms with van der Waals surface area (Å²) >= 11 is 0. The van der Waals surface area contributed by atoms with Gasteiger partial charge in [0.1, 0.15) is 11.5 Å². The van der Waals surface area contributed by atoms with Crippen molar-refractivity contribution < 1.29 is 28.9 Å². The lowest BCUT2D eigenvalue weighted by Crippen LogP contribution is -2.48. The Bertz CT molecular complexity index is 1160. The Balaban J connectivity index is 1.86. The van der Waals surface area contributed by atoms with Gasteiger partial charge in [-0.25, -0.2) is 4.79 Å². The highest BCUT2D eigenvalue weighted by atomic mass is 16.5. The minimum atomic E-state index is -0.433. The molecule has 2 aromatic rings. The molecule has 0 bridgehead atoms. The van der Waals surface area contributed by atoms with Crippen molar-refractivity contribution in [2.24, 2.45) is 5.92 Å². The van der Waals surface area contributed by atoms with Crippen LogP contribution in [-0.4, -0.2) is 99.7 Å². The Hall–Kier alpha value is -3.50. The number of nitrogens with one attached hydrogen (secondary N) is 1. The van der Waals surface area contributed by atoms with Gasteiger partial charge in [0.2, 0.25) is 0 Å². The molecule has 42 heavy (non-hydrogen) atoms. The van der Waals surface area contributed by atoms with E-state index in [1.165, 1.54) is 0 Å². The fourth-order valence-electron chi connectivity index (χ4n) is 4.90. The van der Waals surface area contributed by atoms with E-state index in [0.29, 0.717) is 42.4 Å². The fourth-order valence-corrected chi connectivity index (χ4v) is 4.90. The first-order valence-electron chi connectivity index (χ1n) is 14.7. The summed E-state index contributed by atoms with van der Waals surface area (Å²) in [7, 11) is 7.19. The van der Waals surface area contributed by atoms with Crippen molar-refractivity contribution in [3.05, 3.63) is 48.0 Å². The monoisotopic (exact) mass is 584 g/mol. The number of anilines is 2. The lowest BCUT2D eigenvalue weighted by Gasteiger charge is -2.36. The predicted octanol–water partition coefficient (Wildman–Crippen LogP) is 4.72. The average molecular weight is 585 g/mol. The second-order valence-electron chi connectivity index (χ2n) is 11.4. The number of carbonyl (C=O) groups is 2. The first-order valence-corrected chi connectivity index (χ1v) is 14.7. The molecule has 0 unspecified atom stereocenters. The van der Waals surface area contributed by atoms with E-state index in [9.17, 15) is 14.7 Å². The standard InChI is InChI=1S/C32H48N4O6/c1-22-19-36(23(2)21-37)31(38)28-18-26(34(4)5)13-16-29(28)42-24(3)10-8-9-17-41-30(22)20-35(6)32(39)33-25-11-14-27(40-7)15-12-25/h11-16,18,22-24,30,37H,8-10,17,19-21H2,1-7H3,(H,33,39)/t22-,23+,24-,30-/m1/s1. The van der Waals surface area contributed by atoms with Crippen LogP contribution < -0.4 is 19.7 Å². The number of benzene rings is 2. The number of carbonyl (C=O) groups excluding carboxylic acids is 2. The number of urea groups is 1. The van der Waals surface area contributed by atoms with Gasteiger partial charge in [0.15, 0.2) is 0 Å². The molecule has 4 atom stereocenters. The maximum Gasteiger partial charge on any atom is 0.321 e. The van der Waals surface area contributed by atoms with Crippen molar-refractivity contribution in [2.45, 2.75) is 58.3 Å². The molecule has 10 heteroatoms. The zero-order valence-electron chi connectivity index (χ0n) is 26.1. The SMILES string of the molecule is COc1ccc(NC(=O)N(C)C[C@H]2OCCCC[C@@H](C)Oc3ccc(N(C)C)cc3C(=O)N([C@@H](C)CO)C[C@H]2C)cc1. The fraction of sp³-hybridized carbons (Fsp3) is 0.562. The molecular weight excluding hydrogens is 536 g/mol. The van der Waals surface area contributed by atoms with Crippen molar-refractivity contribution in [3.8, 4) is 11.5 Å². The van der Waals surface area contributed by atoms with E-state index in [1.807, 2.05) is 58.0 Å². The maximum absolute atomic E-state index is 14.1. The predicted molar refractivity (Wildman–Crippen MR) is 166 cm³/mol. The van der Waals surface area contributed by atoms with Crippen molar-refractivity contribution in [1.29, 1.82) is 0 Å². The minimum absolute atomic E-state index is 0.0871. The van der Waals surface area contributed by atoms with Gasteiger partial charge in [-0.2, -0.15) is 0 Å². The van der Waals surface area contributed by atoms with Crippen molar-refractivity contribution >= 4 is 23.3 Å². The van der Waals surface area contributed by atoms with Gasteiger partial charge in [-0.15, -0.1) is 0 Å². The summed E-state index contributed by atoms with van der Waals surface area (Å²) in [5.41, 5.74) is 2.01. The van der Waals surface area contributed by atoms with Gasteiger partial charge in [0, 0.05) is 58.1 Å². The van der Waals surface area contributed by atoms with E-state index in [0.717, 1.165) is 24.9 Å². The Kier molecular flexibility index (Phi) is 12.3. The maximum atomic E-state index is 14.1. The molecular formula is C32H48N4O6. The Morgan fingerprint density at radius 1 is 1.14 bits per heavy atom. The smallest absolute Gasteiger partial charge is 0.321 e. The number of fused-ring (bicyclic) bond motifs is 1. The number of methoxy groups -OCH3 is 1. The summed E-state index contributed by atoms with van der Waals surface area (Å²) < 4.78 is 17.8. The number of aliphatic hydroxyl groups is 1. The number of hydrogen-bond acceptors (Lipinski definition) is 7. The number of hydrogen-bond donors (Lipinski definition) is 2. The third-order valence-electron chi connectivity index (χ3n) is 7.69. The number of aliphatic hydroxyl groups excluding tert-OH is 1. The third kappa shape index (κ3) is 9.00. The second kappa shape index (κ2) is 15.7. The van der Waals surface area contributed by atoms with Crippen LogP contribution in [0.5, 0.6) is 11.5 Å². The largest absolute Gasteiger partial charge is 0.497 e. The molecule has 0 saturated carbocycles. The van der Waals surface area contributed by atoms with E-state index in [1.54, 1.807) is 48.2 Å². The highest BCUT2D eigenvalue weighted by Gasteiger charge is 2.31. The molecule has 10 nitrogen and oxygen atoms in total. The summed E-state index contributed by atoms with van der Waals surface area (Å²) in [6.45, 7) is 6.87. The van der Waals surface area contributed by atoms with Gasteiger partial charge >= 0.3 is 6.03 Å². The molecule has 0 radical (unpaired) electrons. The second-order valence-corrected chi connectivity index (χ2v) is 11.4. The zero-order chi connectivity index (χ0) is 30.8. The number of rotatable bonds is 7. The van der Waals surface area contributed by atoms with Crippen LogP contribution in [-0.2, 0) is 4.74 Å². The van der Waals surface area contributed by atoms with Gasteiger partial charge in [-0.1, -0.05) is 6.92 Å². The normalized spacial score (nSPS) is 20.9. The molecule has 0 saturated heterocycles. The van der Waals surface area contributed by atoms with Crippen molar-refractivity contribution in [2.75, 3.05) is 64.8 Å². The van der Waals surface area contributed by atoms with Gasteiger partial charge in [0.05, 0.1) is 37.5 Å². The van der Waals surface area contributed by atoms with Crippen LogP contribution in [0.4, 0.5) is 16.2 Å². The molecule has 1 heterocycles. The quantitative estimate of drug-likeness (QED) is 0.485. The van der Waals surface area contributed by atoms with Crippen LogP contribution in [0.15, 0.2) is 42.5 Å². The molecule has 2 aromatic carbocycles. The number of amides is 3. The third-order valence-corrected chi connectivity index (χ3v) is 7.69. The van der Waals surface area contributed by atoms with Gasteiger partial charge in [-0.05, 0) is 75.6 Å².